The summed E-state index contributed by atoms with van der Waals surface area (Å²) in [5, 5.41) is 17.0. The molecule has 2 aromatic rings. The molecule has 1 amide bonds. The van der Waals surface area contributed by atoms with Crippen molar-refractivity contribution in [3.8, 4) is 0 Å². The molecule has 2 unspecified atom stereocenters. The van der Waals surface area contributed by atoms with Gasteiger partial charge < -0.3 is 10.6 Å². The van der Waals surface area contributed by atoms with E-state index in [1.165, 1.54) is 11.3 Å². The monoisotopic (exact) mass is 361 g/mol. The second kappa shape index (κ2) is 7.19. The largest absolute Gasteiger partial charge is 0.314 e. The van der Waals surface area contributed by atoms with E-state index in [4.69, 9.17) is 0 Å². The van der Waals surface area contributed by atoms with Crippen LogP contribution in [0.25, 0.3) is 0 Å². The second-order valence-corrected chi connectivity index (χ2v) is 7.72. The van der Waals surface area contributed by atoms with Crippen molar-refractivity contribution in [1.29, 1.82) is 0 Å². The molecule has 3 aliphatic heterocycles. The minimum Gasteiger partial charge on any atom is -0.314 e. The molecule has 5 rings (SSSR count). The van der Waals surface area contributed by atoms with Crippen molar-refractivity contribution < 1.29 is 4.79 Å². The van der Waals surface area contributed by atoms with E-state index in [0.29, 0.717) is 17.1 Å². The highest BCUT2D eigenvalue weighted by atomic mass is 32.1. The zero-order valence-electron chi connectivity index (χ0n) is 14.3. The molecule has 3 aliphatic rings. The lowest BCUT2D eigenvalue weighted by Gasteiger charge is -2.49. The lowest BCUT2D eigenvalue weighted by Crippen LogP contribution is -2.57. The third kappa shape index (κ3) is 3.58. The fourth-order valence-corrected chi connectivity index (χ4v) is 4.55. The van der Waals surface area contributed by atoms with E-state index in [-0.39, 0.29) is 11.8 Å². The number of nitrogens with zero attached hydrogens (tertiary/aromatic N) is 5. The van der Waals surface area contributed by atoms with Gasteiger partial charge in [0.1, 0.15) is 0 Å². The summed E-state index contributed by atoms with van der Waals surface area (Å²) in [5.41, 5.74) is 0.958. The topological polar surface area (TPSA) is 88.0 Å². The van der Waals surface area contributed by atoms with Gasteiger partial charge >= 0.3 is 0 Å². The molecule has 25 heavy (non-hydrogen) atoms. The van der Waals surface area contributed by atoms with E-state index >= 15 is 0 Å². The quantitative estimate of drug-likeness (QED) is 0.791. The Morgan fingerprint density at radius 1 is 1.48 bits per heavy atom. The van der Waals surface area contributed by atoms with Gasteiger partial charge in [0.15, 0.2) is 5.13 Å². The number of amides is 1. The molecule has 0 spiro atoms. The second-order valence-electron chi connectivity index (χ2n) is 6.83. The zero-order valence-corrected chi connectivity index (χ0v) is 15.1. The lowest BCUT2D eigenvalue weighted by molar-refractivity contribution is -0.127. The van der Waals surface area contributed by atoms with Gasteiger partial charge in [-0.05, 0) is 32.4 Å². The molecule has 2 N–H and O–H groups in total. The van der Waals surface area contributed by atoms with Crippen molar-refractivity contribution >= 4 is 22.4 Å². The van der Waals surface area contributed by atoms with E-state index in [1.807, 2.05) is 23.3 Å². The average Bonchev–Trinajstić information content (AvgIpc) is 3.28. The number of piperidine rings is 3. The van der Waals surface area contributed by atoms with Crippen molar-refractivity contribution in [2.24, 2.45) is 11.8 Å². The first kappa shape index (κ1) is 16.6. The summed E-state index contributed by atoms with van der Waals surface area (Å²) in [6, 6.07) is 0.437. The summed E-state index contributed by atoms with van der Waals surface area (Å²) >= 11 is 1.46. The predicted molar refractivity (Wildman–Crippen MR) is 95.1 cm³/mol. The fourth-order valence-electron chi connectivity index (χ4n) is 4.01. The third-order valence-corrected chi connectivity index (χ3v) is 5.91. The van der Waals surface area contributed by atoms with Crippen molar-refractivity contribution in [1.82, 2.24) is 30.2 Å². The van der Waals surface area contributed by atoms with Crippen molar-refractivity contribution in [3.63, 3.8) is 0 Å². The van der Waals surface area contributed by atoms with Crippen LogP contribution in [0.15, 0.2) is 17.8 Å². The third-order valence-electron chi connectivity index (χ3n) is 5.22. The smallest absolute Gasteiger partial charge is 0.230 e. The highest BCUT2D eigenvalue weighted by Gasteiger charge is 2.43. The molecule has 2 bridgehead atoms. The number of thiazole rings is 1. The molecule has 3 fully saturated rings. The standard InChI is InChI=1S/C16H23N7OS/c1-17-7-12-8-23(21-20-12)9-13-6-11-2-4-22(13)10-14(11)15(24)19-16-18-3-5-25-16/h3,5,8,11,13-14,17H,2,4,6-7,9-10H2,1H3,(H,18,19,24)/t11?,13-,14+/m1/s1. The van der Waals surface area contributed by atoms with Crippen LogP contribution < -0.4 is 10.6 Å². The molecule has 8 nitrogen and oxygen atoms in total. The van der Waals surface area contributed by atoms with E-state index in [9.17, 15) is 4.79 Å². The maximum absolute atomic E-state index is 12.6. The molecule has 9 heteroatoms. The maximum atomic E-state index is 12.6. The number of carbonyl (C=O) groups excluding carboxylic acids is 1. The van der Waals surface area contributed by atoms with Gasteiger partial charge in [-0.2, -0.15) is 0 Å². The first-order chi connectivity index (χ1) is 12.2. The minimum absolute atomic E-state index is 0.0597. The van der Waals surface area contributed by atoms with Crippen molar-refractivity contribution in [3.05, 3.63) is 23.5 Å². The molecular formula is C16H23N7OS. The van der Waals surface area contributed by atoms with Crippen molar-refractivity contribution in [2.45, 2.75) is 32.0 Å². The van der Waals surface area contributed by atoms with Gasteiger partial charge in [0, 0.05) is 36.9 Å². The highest BCUT2D eigenvalue weighted by molar-refractivity contribution is 7.13. The summed E-state index contributed by atoms with van der Waals surface area (Å²) in [6.45, 7) is 3.46. The van der Waals surface area contributed by atoms with Crippen LogP contribution in [0.2, 0.25) is 0 Å². The van der Waals surface area contributed by atoms with Crippen LogP contribution in [0.5, 0.6) is 0 Å². The van der Waals surface area contributed by atoms with Gasteiger partial charge in [-0.1, -0.05) is 5.21 Å². The Kier molecular flexibility index (Phi) is 4.78. The molecule has 0 saturated carbocycles. The predicted octanol–water partition coefficient (Wildman–Crippen LogP) is 0.803. The first-order valence-electron chi connectivity index (χ1n) is 8.71. The molecule has 0 radical (unpaired) electrons. The Morgan fingerprint density at radius 3 is 3.12 bits per heavy atom. The highest BCUT2D eigenvalue weighted by Crippen LogP contribution is 2.37. The summed E-state index contributed by atoms with van der Waals surface area (Å²) in [6.07, 6.45) is 5.85. The van der Waals surface area contributed by atoms with Crippen LogP contribution in [0.4, 0.5) is 5.13 Å². The van der Waals surface area contributed by atoms with Crippen LogP contribution >= 0.6 is 11.3 Å². The Hall–Kier alpha value is -1.84. The van der Waals surface area contributed by atoms with Crippen LogP contribution in [0, 0.1) is 11.8 Å². The number of nitrogens with one attached hydrogen (secondary N) is 2. The molecule has 5 heterocycles. The Bertz CT molecular complexity index is 716. The maximum Gasteiger partial charge on any atom is 0.230 e. The molecule has 3 saturated heterocycles. The minimum atomic E-state index is 0.0597. The Balaban J connectivity index is 1.37. The number of anilines is 1. The number of rotatable bonds is 6. The molecule has 134 valence electrons. The number of aromatic nitrogens is 4. The summed E-state index contributed by atoms with van der Waals surface area (Å²) < 4.78 is 1.93. The molecule has 2 aromatic heterocycles. The Morgan fingerprint density at radius 2 is 2.40 bits per heavy atom. The van der Waals surface area contributed by atoms with Gasteiger partial charge in [0.05, 0.1) is 18.2 Å². The van der Waals surface area contributed by atoms with E-state index < -0.39 is 0 Å². The number of hydrogen-bond donors (Lipinski definition) is 2. The van der Waals surface area contributed by atoms with Crippen molar-refractivity contribution in [2.75, 3.05) is 25.5 Å². The summed E-state index contributed by atoms with van der Waals surface area (Å²) in [5.74, 6) is 0.611. The van der Waals surface area contributed by atoms with Crippen LogP contribution in [0.3, 0.4) is 0 Å². The number of fused-ring (bicyclic) bond motifs is 3. The van der Waals surface area contributed by atoms with Gasteiger partial charge in [0.2, 0.25) is 5.91 Å². The first-order valence-corrected chi connectivity index (χ1v) is 9.59. The Labute approximate surface area is 150 Å². The molecule has 0 aliphatic carbocycles. The molecular weight excluding hydrogens is 338 g/mol. The van der Waals surface area contributed by atoms with Crippen LogP contribution in [0.1, 0.15) is 18.5 Å². The van der Waals surface area contributed by atoms with E-state index in [1.54, 1.807) is 6.20 Å². The van der Waals surface area contributed by atoms with Crippen LogP contribution in [-0.2, 0) is 17.9 Å². The molecule has 0 aromatic carbocycles. The molecule has 4 atom stereocenters. The number of carbonyl (C=O) groups is 1. The SMILES string of the molecule is CNCc1cn(C[C@H]2CC3CCN2C[C@@H]3C(=O)Nc2nccs2)nn1. The summed E-state index contributed by atoms with van der Waals surface area (Å²) in [4.78, 5) is 19.2. The zero-order chi connectivity index (χ0) is 17.2. The van der Waals surface area contributed by atoms with E-state index in [2.05, 4.69) is 30.8 Å². The normalized spacial score (nSPS) is 28.2. The van der Waals surface area contributed by atoms with Gasteiger partial charge in [0.25, 0.3) is 0 Å². The number of hydrogen-bond acceptors (Lipinski definition) is 7. The van der Waals surface area contributed by atoms with Crippen LogP contribution in [-0.4, -0.2) is 57.0 Å². The fraction of sp³-hybridized carbons (Fsp3) is 0.625. The van der Waals surface area contributed by atoms with Gasteiger partial charge in [-0.15, -0.1) is 16.4 Å². The lowest BCUT2D eigenvalue weighted by atomic mass is 9.75. The average molecular weight is 361 g/mol. The summed E-state index contributed by atoms with van der Waals surface area (Å²) in [7, 11) is 1.90. The van der Waals surface area contributed by atoms with Gasteiger partial charge in [-0.25, -0.2) is 4.98 Å². The van der Waals surface area contributed by atoms with Gasteiger partial charge in [-0.3, -0.25) is 14.4 Å². The van der Waals surface area contributed by atoms with E-state index in [0.717, 1.165) is 44.7 Å².